The van der Waals surface area contributed by atoms with Crippen molar-refractivity contribution in [3.63, 3.8) is 0 Å². The maximum absolute atomic E-state index is 14.3. The number of anilines is 2. The Morgan fingerprint density at radius 2 is 1.16 bits per heavy atom. The molecule has 6 N–H and O–H groups in total. The fraction of sp³-hybridized carbons (Fsp3) is 0.447. The molecule has 2 fully saturated rings. The second-order valence-electron chi connectivity index (χ2n) is 18.7. The first-order valence-corrected chi connectivity index (χ1v) is 21.1. The summed E-state index contributed by atoms with van der Waals surface area (Å²) >= 11 is 0. The largest absolute Gasteiger partial charge is 0.454 e. The predicted octanol–water partition coefficient (Wildman–Crippen LogP) is 11.6. The van der Waals surface area contributed by atoms with E-state index in [1.807, 2.05) is 20.8 Å². The van der Waals surface area contributed by atoms with Crippen molar-refractivity contribution < 1.29 is 42.4 Å². The molecule has 2 aliphatic rings. The SMILES string of the molecule is CC1(C)CCC(N(Cc2ccc(Oc3cc(N)c([N+](=O)[O-])cc3F)cc2)C(=O)OC(C)(C)C)CC1.CC1(C)CCC(N)CC1.Nc1cc(Oc2ccc(C=O)cc2)c(F)cc1[N+](=O)[O-]. The third-order valence-electron chi connectivity index (χ3n) is 11.1. The monoisotopic (exact) mass is 890 g/mol. The second kappa shape index (κ2) is 21.3. The molecular formula is C47H60F2N6O9. The first kappa shape index (κ1) is 50.3. The summed E-state index contributed by atoms with van der Waals surface area (Å²) in [7, 11) is 0. The third kappa shape index (κ3) is 15.2. The second-order valence-corrected chi connectivity index (χ2v) is 18.7. The van der Waals surface area contributed by atoms with Crippen molar-refractivity contribution >= 4 is 35.1 Å². The van der Waals surface area contributed by atoms with Crippen LogP contribution in [0.1, 0.15) is 116 Å². The lowest BCUT2D eigenvalue weighted by atomic mass is 9.75. The van der Waals surface area contributed by atoms with Crippen molar-refractivity contribution in [2.75, 3.05) is 11.5 Å². The molecule has 4 aromatic carbocycles. The topological polar surface area (TPSA) is 229 Å². The minimum Gasteiger partial charge on any atom is -0.454 e. The van der Waals surface area contributed by atoms with Gasteiger partial charge in [-0.25, -0.2) is 13.6 Å². The lowest BCUT2D eigenvalue weighted by molar-refractivity contribution is -0.384. The molecule has 0 saturated heterocycles. The smallest absolute Gasteiger partial charge is 0.410 e. The highest BCUT2D eigenvalue weighted by Crippen LogP contribution is 2.39. The average molecular weight is 891 g/mol. The highest BCUT2D eigenvalue weighted by molar-refractivity contribution is 5.75. The zero-order valence-electron chi connectivity index (χ0n) is 37.5. The van der Waals surface area contributed by atoms with Crippen molar-refractivity contribution in [1.82, 2.24) is 4.90 Å². The molecule has 2 aliphatic carbocycles. The molecule has 1 amide bonds. The molecule has 6 rings (SSSR count). The zero-order chi connectivity index (χ0) is 47.6. The molecule has 346 valence electrons. The third-order valence-corrected chi connectivity index (χ3v) is 11.1. The van der Waals surface area contributed by atoms with E-state index in [0.29, 0.717) is 41.7 Å². The Kier molecular flexibility index (Phi) is 16.8. The molecule has 4 aromatic rings. The van der Waals surface area contributed by atoms with Crippen LogP contribution >= 0.6 is 0 Å². The van der Waals surface area contributed by atoms with Gasteiger partial charge in [-0.15, -0.1) is 0 Å². The van der Waals surface area contributed by atoms with Crippen molar-refractivity contribution in [2.24, 2.45) is 16.6 Å². The van der Waals surface area contributed by atoms with E-state index in [2.05, 4.69) is 27.7 Å². The number of hydrogen-bond acceptors (Lipinski definition) is 12. The Morgan fingerprint density at radius 1 is 0.750 bits per heavy atom. The highest BCUT2D eigenvalue weighted by Gasteiger charge is 2.34. The molecule has 0 spiro atoms. The summed E-state index contributed by atoms with van der Waals surface area (Å²) < 4.78 is 44.4. The Labute approximate surface area is 372 Å². The minimum absolute atomic E-state index is 0.0889. The van der Waals surface area contributed by atoms with Gasteiger partial charge in [0.2, 0.25) is 0 Å². The fourth-order valence-corrected chi connectivity index (χ4v) is 7.10. The van der Waals surface area contributed by atoms with Gasteiger partial charge in [0.1, 0.15) is 34.8 Å². The molecule has 0 heterocycles. The number of ether oxygens (including phenoxy) is 3. The number of nitrogen functional groups attached to an aromatic ring is 2. The number of nitrogens with zero attached hydrogens (tertiary/aromatic N) is 3. The van der Waals surface area contributed by atoms with Gasteiger partial charge >= 0.3 is 6.09 Å². The molecule has 17 heteroatoms. The first-order valence-electron chi connectivity index (χ1n) is 21.1. The quantitative estimate of drug-likeness (QED) is 0.0584. The molecular weight excluding hydrogens is 831 g/mol. The van der Waals surface area contributed by atoms with Gasteiger partial charge in [-0.3, -0.25) is 25.0 Å². The molecule has 0 atom stereocenters. The summed E-state index contributed by atoms with van der Waals surface area (Å²) in [6.45, 7) is 15.1. The van der Waals surface area contributed by atoms with Crippen LogP contribution in [0.5, 0.6) is 23.0 Å². The predicted molar refractivity (Wildman–Crippen MR) is 241 cm³/mol. The van der Waals surface area contributed by atoms with Crippen molar-refractivity contribution in [3.8, 4) is 23.0 Å². The Morgan fingerprint density at radius 3 is 1.53 bits per heavy atom. The van der Waals surface area contributed by atoms with Crippen molar-refractivity contribution in [2.45, 2.75) is 124 Å². The summed E-state index contributed by atoms with van der Waals surface area (Å²) in [6, 6.07) is 17.0. The van der Waals surface area contributed by atoms with Gasteiger partial charge in [-0.2, -0.15) is 0 Å². The molecule has 0 bridgehead atoms. The number of aldehydes is 1. The van der Waals surface area contributed by atoms with Gasteiger partial charge in [0.15, 0.2) is 23.1 Å². The van der Waals surface area contributed by atoms with Gasteiger partial charge in [-0.05, 0) is 125 Å². The summed E-state index contributed by atoms with van der Waals surface area (Å²) in [4.78, 5) is 45.3. The number of rotatable bonds is 10. The van der Waals surface area contributed by atoms with Crippen LogP contribution in [0.25, 0.3) is 0 Å². The summed E-state index contributed by atoms with van der Waals surface area (Å²) in [5, 5.41) is 21.5. The Balaban J connectivity index is 0.000000257. The van der Waals surface area contributed by atoms with E-state index in [0.717, 1.165) is 49.4 Å². The standard InChI is InChI=1S/C26H34FN3O5.C13H9FN2O4.C8H17N/c1-25(2,3)35-24(31)29(18-10-12-26(4,5)13-11-18)16-17-6-8-19(9-7-17)34-23-15-21(28)22(30(32)33)14-20(23)27;14-10-5-12(16(18)19)11(15)6-13(10)20-9-3-1-8(7-17)2-4-9;1-8(2)5-3-7(9)4-6-8/h6-9,14-15,18H,10-13,16,28H2,1-5H3;1-7H,15H2;7H,3-6,9H2,1-2H3. The molecule has 0 unspecified atom stereocenters. The highest BCUT2D eigenvalue weighted by atomic mass is 19.1. The van der Waals surface area contributed by atoms with Crippen LogP contribution in [-0.2, 0) is 11.3 Å². The number of amides is 1. The van der Waals surface area contributed by atoms with Gasteiger partial charge in [-0.1, -0.05) is 39.8 Å². The molecule has 0 aliphatic heterocycles. The minimum atomic E-state index is -0.898. The van der Waals surface area contributed by atoms with Gasteiger partial charge < -0.3 is 36.3 Å². The van der Waals surface area contributed by atoms with Crippen LogP contribution in [0.3, 0.4) is 0 Å². The van der Waals surface area contributed by atoms with E-state index in [4.69, 9.17) is 31.4 Å². The van der Waals surface area contributed by atoms with E-state index in [1.165, 1.54) is 49.9 Å². The van der Waals surface area contributed by atoms with E-state index in [9.17, 15) is 38.6 Å². The molecule has 2 saturated carbocycles. The molecule has 0 aromatic heterocycles. The van der Waals surface area contributed by atoms with Gasteiger partial charge in [0.05, 0.1) is 22.0 Å². The van der Waals surface area contributed by atoms with Gasteiger partial charge in [0, 0.05) is 36.3 Å². The van der Waals surface area contributed by atoms with E-state index in [1.54, 1.807) is 29.2 Å². The summed E-state index contributed by atoms with van der Waals surface area (Å²) in [5.41, 5.74) is 17.0. The number of halogens is 2. The lowest BCUT2D eigenvalue weighted by Gasteiger charge is -2.40. The normalized spacial score (nSPS) is 15.8. The summed E-state index contributed by atoms with van der Waals surface area (Å²) in [6.07, 6.45) is 9.30. The van der Waals surface area contributed by atoms with E-state index >= 15 is 0 Å². The van der Waals surface area contributed by atoms with Crippen LogP contribution in [-0.4, -0.2) is 44.8 Å². The summed E-state index contributed by atoms with van der Waals surface area (Å²) in [5.74, 6) is -1.60. The number of nitro benzene ring substituents is 2. The lowest BCUT2D eigenvalue weighted by Crippen LogP contribution is -2.45. The number of nitrogens with two attached hydrogens (primary N) is 3. The number of carbonyl (C=O) groups excluding carboxylic acids is 2. The van der Waals surface area contributed by atoms with E-state index < -0.39 is 38.5 Å². The van der Waals surface area contributed by atoms with Crippen LogP contribution in [0.15, 0.2) is 72.8 Å². The molecule has 64 heavy (non-hydrogen) atoms. The number of benzene rings is 4. The molecule has 0 radical (unpaired) electrons. The number of carbonyl (C=O) groups is 2. The number of hydrogen-bond donors (Lipinski definition) is 3. The van der Waals surface area contributed by atoms with E-state index in [-0.39, 0.29) is 46.2 Å². The van der Waals surface area contributed by atoms with Crippen molar-refractivity contribution in [3.05, 3.63) is 116 Å². The Bertz CT molecular complexity index is 2240. The van der Waals surface area contributed by atoms with Crippen LogP contribution in [0.4, 0.5) is 36.3 Å². The average Bonchev–Trinajstić information content (AvgIpc) is 3.21. The molecule has 15 nitrogen and oxygen atoms in total. The first-order chi connectivity index (χ1) is 29.8. The van der Waals surface area contributed by atoms with Crippen molar-refractivity contribution in [1.29, 1.82) is 0 Å². The maximum atomic E-state index is 14.3. The maximum Gasteiger partial charge on any atom is 0.410 e. The number of nitro groups is 2. The zero-order valence-corrected chi connectivity index (χ0v) is 37.5. The Hall–Kier alpha value is -6.36. The van der Waals surface area contributed by atoms with Gasteiger partial charge in [0.25, 0.3) is 11.4 Å². The van der Waals surface area contributed by atoms with Crippen LogP contribution in [0, 0.1) is 42.7 Å². The van der Waals surface area contributed by atoms with Crippen LogP contribution in [0.2, 0.25) is 0 Å². The fourth-order valence-electron chi connectivity index (χ4n) is 7.10. The van der Waals surface area contributed by atoms with Crippen LogP contribution < -0.4 is 26.7 Å².